The van der Waals surface area contributed by atoms with Crippen molar-refractivity contribution in [2.24, 2.45) is 0 Å². The molecule has 0 aliphatic carbocycles. The normalized spacial score (nSPS) is 10.6. The highest BCUT2D eigenvalue weighted by Crippen LogP contribution is 2.37. The third-order valence-electron chi connectivity index (χ3n) is 3.71. The molecule has 0 N–H and O–H groups in total. The summed E-state index contributed by atoms with van der Waals surface area (Å²) in [6, 6.07) is 10.9. The zero-order valence-corrected chi connectivity index (χ0v) is 19.8. The van der Waals surface area contributed by atoms with Gasteiger partial charge in [-0.25, -0.2) is 0 Å². The number of benzene rings is 2. The lowest BCUT2D eigenvalue weighted by atomic mass is 10.3. The Morgan fingerprint density at radius 2 is 1.40 bits per heavy atom. The second-order valence-corrected chi connectivity index (χ2v) is 8.39. The summed E-state index contributed by atoms with van der Waals surface area (Å²) >= 11 is 23.6. The Morgan fingerprint density at radius 3 is 1.97 bits per heavy atom. The van der Waals surface area contributed by atoms with Gasteiger partial charge in [0.1, 0.15) is 28.3 Å². The van der Waals surface area contributed by atoms with Gasteiger partial charge in [0.25, 0.3) is 0 Å². The molecule has 0 heterocycles. The summed E-state index contributed by atoms with van der Waals surface area (Å²) in [7, 11) is 0. The molecule has 0 atom stereocenters. The lowest BCUT2D eigenvalue weighted by Gasteiger charge is -2.13. The van der Waals surface area contributed by atoms with Gasteiger partial charge in [0.05, 0.1) is 29.4 Å². The second kappa shape index (κ2) is 13.1. The van der Waals surface area contributed by atoms with E-state index in [1.807, 2.05) is 38.1 Å². The van der Waals surface area contributed by atoms with Crippen LogP contribution in [0.4, 0.5) is 0 Å². The summed E-state index contributed by atoms with van der Waals surface area (Å²) in [5, 5.41) is 0.747. The van der Waals surface area contributed by atoms with Crippen LogP contribution in [0.15, 0.2) is 47.0 Å². The number of halogens is 4. The van der Waals surface area contributed by atoms with Gasteiger partial charge in [-0.2, -0.15) is 0 Å². The predicted molar refractivity (Wildman–Crippen MR) is 124 cm³/mol. The molecule has 0 radical (unpaired) electrons. The van der Waals surface area contributed by atoms with Gasteiger partial charge in [0, 0.05) is 12.1 Å². The van der Waals surface area contributed by atoms with Crippen LogP contribution >= 0.6 is 46.4 Å². The fraction of sp³-hybridized carbons (Fsp3) is 0.364. The fourth-order valence-corrected chi connectivity index (χ4v) is 3.12. The summed E-state index contributed by atoms with van der Waals surface area (Å²) in [6.45, 7) is 5.24. The maximum atomic E-state index is 6.25. The standard InChI is InChI=1S/C22H24Cl4O4/c1-15(2)30-17-7-5-16(6-8-17)27-10-3-4-11-29-22-19(23)13-18(14-20(22)24)28-12-9-21(25)26/h5-9,13-15H,3-4,10-12H2,1-2H3. The van der Waals surface area contributed by atoms with E-state index in [0.717, 1.165) is 24.3 Å². The van der Waals surface area contributed by atoms with Crippen molar-refractivity contribution in [1.82, 2.24) is 0 Å². The number of hydrogen-bond donors (Lipinski definition) is 0. The highest BCUT2D eigenvalue weighted by Gasteiger charge is 2.10. The van der Waals surface area contributed by atoms with Crippen LogP contribution in [0.2, 0.25) is 10.0 Å². The van der Waals surface area contributed by atoms with Gasteiger partial charge in [-0.15, -0.1) is 0 Å². The van der Waals surface area contributed by atoms with E-state index in [9.17, 15) is 0 Å². The van der Waals surface area contributed by atoms with Crippen molar-refractivity contribution in [3.63, 3.8) is 0 Å². The molecule has 0 saturated carbocycles. The molecule has 0 amide bonds. The molecule has 2 rings (SSSR count). The summed E-state index contributed by atoms with van der Waals surface area (Å²) in [5.74, 6) is 2.56. The molecule has 164 valence electrons. The molecule has 2 aromatic carbocycles. The van der Waals surface area contributed by atoms with Gasteiger partial charge in [-0.3, -0.25) is 0 Å². The lowest BCUT2D eigenvalue weighted by molar-refractivity contribution is 0.241. The molecule has 0 spiro atoms. The van der Waals surface area contributed by atoms with Crippen molar-refractivity contribution in [3.8, 4) is 23.0 Å². The number of hydrogen-bond acceptors (Lipinski definition) is 4. The van der Waals surface area contributed by atoms with E-state index in [4.69, 9.17) is 65.4 Å². The van der Waals surface area contributed by atoms with Gasteiger partial charge in [0.2, 0.25) is 0 Å². The van der Waals surface area contributed by atoms with E-state index >= 15 is 0 Å². The maximum absolute atomic E-state index is 6.25. The highest BCUT2D eigenvalue weighted by molar-refractivity contribution is 6.55. The van der Waals surface area contributed by atoms with Crippen molar-refractivity contribution in [1.29, 1.82) is 0 Å². The van der Waals surface area contributed by atoms with E-state index in [1.54, 1.807) is 12.1 Å². The average Bonchev–Trinajstić information content (AvgIpc) is 2.67. The minimum atomic E-state index is 0.133. The lowest BCUT2D eigenvalue weighted by Crippen LogP contribution is -2.05. The first-order valence-electron chi connectivity index (χ1n) is 9.50. The molecule has 0 bridgehead atoms. The summed E-state index contributed by atoms with van der Waals surface area (Å²) in [4.78, 5) is 0. The minimum Gasteiger partial charge on any atom is -0.494 e. The number of unbranched alkanes of at least 4 members (excludes halogenated alkanes) is 1. The van der Waals surface area contributed by atoms with Crippen molar-refractivity contribution < 1.29 is 18.9 Å². The molecule has 0 unspecified atom stereocenters. The van der Waals surface area contributed by atoms with Crippen molar-refractivity contribution in [2.75, 3.05) is 19.8 Å². The Hall–Kier alpha value is -1.46. The summed E-state index contributed by atoms with van der Waals surface area (Å²) < 4.78 is 22.7. The topological polar surface area (TPSA) is 36.9 Å². The van der Waals surface area contributed by atoms with Gasteiger partial charge in [0.15, 0.2) is 5.75 Å². The first-order valence-corrected chi connectivity index (χ1v) is 11.0. The van der Waals surface area contributed by atoms with Crippen LogP contribution in [0.5, 0.6) is 23.0 Å². The molecular formula is C22H24Cl4O4. The highest BCUT2D eigenvalue weighted by atomic mass is 35.5. The molecular weight excluding hydrogens is 470 g/mol. The molecule has 4 nitrogen and oxygen atoms in total. The van der Waals surface area contributed by atoms with Gasteiger partial charge < -0.3 is 18.9 Å². The molecule has 0 saturated heterocycles. The molecule has 2 aromatic rings. The van der Waals surface area contributed by atoms with E-state index in [1.165, 1.54) is 6.08 Å². The Bertz CT molecular complexity index is 795. The van der Waals surface area contributed by atoms with Crippen LogP contribution in [0.25, 0.3) is 0 Å². The SMILES string of the molecule is CC(C)Oc1ccc(OCCCCOc2c(Cl)cc(OCC=C(Cl)Cl)cc2Cl)cc1. The Labute approximate surface area is 197 Å². The first-order chi connectivity index (χ1) is 14.3. The van der Waals surface area contributed by atoms with Crippen LogP contribution in [0.1, 0.15) is 26.7 Å². The van der Waals surface area contributed by atoms with Crippen LogP contribution in [-0.2, 0) is 0 Å². The molecule has 0 fully saturated rings. The number of rotatable bonds is 12. The van der Waals surface area contributed by atoms with E-state index in [0.29, 0.717) is 34.8 Å². The molecule has 8 heteroatoms. The quantitative estimate of drug-likeness (QED) is 0.283. The monoisotopic (exact) mass is 492 g/mol. The van der Waals surface area contributed by atoms with Crippen LogP contribution in [0.3, 0.4) is 0 Å². The van der Waals surface area contributed by atoms with E-state index in [-0.39, 0.29) is 17.2 Å². The van der Waals surface area contributed by atoms with Gasteiger partial charge in [-0.1, -0.05) is 46.4 Å². The fourth-order valence-electron chi connectivity index (χ4n) is 2.41. The summed E-state index contributed by atoms with van der Waals surface area (Å²) in [6.07, 6.45) is 3.28. The zero-order chi connectivity index (χ0) is 21.9. The van der Waals surface area contributed by atoms with Crippen LogP contribution in [0, 0.1) is 0 Å². The average molecular weight is 494 g/mol. The third kappa shape index (κ3) is 9.13. The van der Waals surface area contributed by atoms with Gasteiger partial charge in [-0.05, 0) is 57.0 Å². The largest absolute Gasteiger partial charge is 0.494 e. The number of ether oxygens (including phenoxy) is 4. The minimum absolute atomic E-state index is 0.133. The van der Waals surface area contributed by atoms with E-state index < -0.39 is 0 Å². The predicted octanol–water partition coefficient (Wildman–Crippen LogP) is 7.72. The molecule has 0 aliphatic heterocycles. The third-order valence-corrected chi connectivity index (χ3v) is 4.58. The van der Waals surface area contributed by atoms with Crippen molar-refractivity contribution in [3.05, 3.63) is 57.0 Å². The van der Waals surface area contributed by atoms with Crippen molar-refractivity contribution >= 4 is 46.4 Å². The molecule has 0 aromatic heterocycles. The van der Waals surface area contributed by atoms with Crippen molar-refractivity contribution in [2.45, 2.75) is 32.8 Å². The maximum Gasteiger partial charge on any atom is 0.156 e. The van der Waals surface area contributed by atoms with Crippen LogP contribution in [-0.4, -0.2) is 25.9 Å². The Morgan fingerprint density at radius 1 is 0.833 bits per heavy atom. The second-order valence-electron chi connectivity index (χ2n) is 6.56. The first kappa shape index (κ1) is 24.8. The smallest absolute Gasteiger partial charge is 0.156 e. The van der Waals surface area contributed by atoms with Crippen LogP contribution < -0.4 is 18.9 Å². The Kier molecular flexibility index (Phi) is 10.8. The molecule has 30 heavy (non-hydrogen) atoms. The zero-order valence-electron chi connectivity index (χ0n) is 16.8. The summed E-state index contributed by atoms with van der Waals surface area (Å²) in [5.41, 5.74) is 0. The van der Waals surface area contributed by atoms with Gasteiger partial charge >= 0.3 is 0 Å². The molecule has 0 aliphatic rings. The Balaban J connectivity index is 1.70. The van der Waals surface area contributed by atoms with E-state index in [2.05, 4.69) is 0 Å².